The fraction of sp³-hybridized carbons (Fsp3) is 0.0278. The third-order valence-corrected chi connectivity index (χ3v) is 8.55. The van der Waals surface area contributed by atoms with Gasteiger partial charge in [0.05, 0.1) is 5.70 Å². The Bertz CT molecular complexity index is 2130. The molecule has 2 heterocycles. The molecule has 38 heavy (non-hydrogen) atoms. The Morgan fingerprint density at radius 2 is 1.34 bits per heavy atom. The van der Waals surface area contributed by atoms with E-state index >= 15 is 0 Å². The van der Waals surface area contributed by atoms with Crippen LogP contribution in [-0.2, 0) is 0 Å². The van der Waals surface area contributed by atoms with Crippen LogP contribution in [0.5, 0.6) is 0 Å². The monoisotopic (exact) mass is 503 g/mol. The van der Waals surface area contributed by atoms with Gasteiger partial charge in [-0.15, -0.1) is 11.3 Å². The first-order chi connectivity index (χ1) is 18.8. The summed E-state index contributed by atoms with van der Waals surface area (Å²) >= 11 is 1.87. The molecule has 0 atom stereocenters. The van der Waals surface area contributed by atoms with Gasteiger partial charge in [-0.2, -0.15) is 0 Å². The molecule has 1 aromatic heterocycles. The third-order valence-electron chi connectivity index (χ3n) is 7.33. The number of rotatable bonds is 2. The topological polar surface area (TPSA) is 12.4 Å². The molecule has 2 heteroatoms. The highest BCUT2D eigenvalue weighted by molar-refractivity contribution is 7.26. The molecule has 0 unspecified atom stereocenters. The number of benzene rings is 5. The Hall–Kier alpha value is -4.53. The Labute approximate surface area is 225 Å². The van der Waals surface area contributed by atoms with Crippen LogP contribution in [0, 0.1) is 10.4 Å². The molecule has 7 rings (SSSR count). The van der Waals surface area contributed by atoms with Crippen molar-refractivity contribution in [3.8, 4) is 11.1 Å². The highest BCUT2D eigenvalue weighted by Gasteiger charge is 2.12. The van der Waals surface area contributed by atoms with Gasteiger partial charge in [0, 0.05) is 32.0 Å². The van der Waals surface area contributed by atoms with Crippen molar-refractivity contribution in [1.29, 1.82) is 0 Å². The zero-order valence-corrected chi connectivity index (χ0v) is 21.7. The second-order valence-corrected chi connectivity index (χ2v) is 10.7. The van der Waals surface area contributed by atoms with Crippen LogP contribution >= 0.6 is 11.3 Å². The summed E-state index contributed by atoms with van der Waals surface area (Å²) in [6, 6.07) is 41.0. The van der Waals surface area contributed by atoms with E-state index in [0.717, 1.165) is 22.9 Å². The van der Waals surface area contributed by atoms with Crippen LogP contribution < -0.4 is 10.4 Å². The van der Waals surface area contributed by atoms with E-state index in [2.05, 4.69) is 122 Å². The molecule has 0 spiro atoms. The minimum atomic E-state index is 0.839. The predicted molar refractivity (Wildman–Crippen MR) is 165 cm³/mol. The number of thiophene rings is 1. The van der Waals surface area contributed by atoms with E-state index in [0.29, 0.717) is 0 Å². The van der Waals surface area contributed by atoms with Crippen LogP contribution in [0.1, 0.15) is 12.0 Å². The summed E-state index contributed by atoms with van der Waals surface area (Å²) in [4.78, 5) is 4.93. The Morgan fingerprint density at radius 1 is 0.632 bits per heavy atom. The summed E-state index contributed by atoms with van der Waals surface area (Å²) in [5.41, 5.74) is 5.89. The van der Waals surface area contributed by atoms with Crippen molar-refractivity contribution in [2.75, 3.05) is 0 Å². The van der Waals surface area contributed by atoms with E-state index in [1.165, 1.54) is 52.5 Å². The summed E-state index contributed by atoms with van der Waals surface area (Å²) in [7, 11) is 0. The molecule has 0 bridgehead atoms. The average molecular weight is 504 g/mol. The van der Waals surface area contributed by atoms with Crippen LogP contribution in [0.25, 0.3) is 49.1 Å². The first-order valence-corrected chi connectivity index (χ1v) is 13.7. The van der Waals surface area contributed by atoms with Gasteiger partial charge in [-0.3, -0.25) is 4.99 Å². The van der Waals surface area contributed by atoms with Gasteiger partial charge in [0.1, 0.15) is 0 Å². The number of aliphatic imine (C=N–C) groups is 1. The maximum atomic E-state index is 4.93. The zero-order valence-electron chi connectivity index (χ0n) is 20.9. The van der Waals surface area contributed by atoms with Gasteiger partial charge >= 0.3 is 0 Å². The van der Waals surface area contributed by atoms with E-state index in [1.807, 2.05) is 23.6 Å². The number of nitrogens with zero attached hydrogens (tertiary/aromatic N) is 1. The van der Waals surface area contributed by atoms with Crippen LogP contribution in [0.15, 0.2) is 126 Å². The van der Waals surface area contributed by atoms with Crippen molar-refractivity contribution < 1.29 is 0 Å². The number of hydrogen-bond donors (Lipinski definition) is 0. The Morgan fingerprint density at radius 3 is 2.18 bits per heavy atom. The normalized spacial score (nSPS) is 15.6. The second-order valence-electron chi connectivity index (χ2n) is 9.64. The van der Waals surface area contributed by atoms with Crippen molar-refractivity contribution in [1.82, 2.24) is 0 Å². The van der Waals surface area contributed by atoms with Crippen LogP contribution in [0.4, 0.5) is 0 Å². The van der Waals surface area contributed by atoms with Gasteiger partial charge < -0.3 is 0 Å². The largest absolute Gasteiger partial charge is 0.256 e. The van der Waals surface area contributed by atoms with Crippen molar-refractivity contribution in [3.05, 3.63) is 148 Å². The standard InChI is InChI=1S/C36H25NS/c1-24-10-2-3-13-28(24)31-15-5-4-14-29(31)27-20-21-34(37-23-27)26-12-8-11-25(22-26)30-17-9-18-33-32-16-6-7-19-35(32)38-36(30)33/h2-19,21-23H,1,20H2/b29-27+,31-28-. The molecule has 1 aliphatic heterocycles. The van der Waals surface area contributed by atoms with Crippen molar-refractivity contribution in [2.24, 2.45) is 4.99 Å². The number of allylic oxidation sites excluding steroid dienone is 1. The smallest absolute Gasteiger partial charge is 0.0665 e. The molecule has 0 saturated carbocycles. The molecule has 0 amide bonds. The SMILES string of the molecule is C=c1cccc/c1=c1\cccc\c1=C1/C=NC(c2cccc(-c3cccc4c3sc3ccccc34)c2)=CC1. The summed E-state index contributed by atoms with van der Waals surface area (Å²) in [5.74, 6) is 0. The fourth-order valence-electron chi connectivity index (χ4n) is 5.43. The second kappa shape index (κ2) is 9.41. The van der Waals surface area contributed by atoms with Gasteiger partial charge in [0.15, 0.2) is 0 Å². The average Bonchev–Trinajstić information content (AvgIpc) is 3.37. The number of fused-ring (bicyclic) bond motifs is 3. The first-order valence-electron chi connectivity index (χ1n) is 12.9. The van der Waals surface area contributed by atoms with E-state index in [1.54, 1.807) is 0 Å². The predicted octanol–water partition coefficient (Wildman–Crippen LogP) is 8.09. The Balaban J connectivity index is 1.30. The van der Waals surface area contributed by atoms with Gasteiger partial charge in [-0.1, -0.05) is 116 Å². The van der Waals surface area contributed by atoms with Gasteiger partial charge in [0.2, 0.25) is 0 Å². The minimum absolute atomic E-state index is 0.839. The summed E-state index contributed by atoms with van der Waals surface area (Å²) < 4.78 is 2.67. The lowest BCUT2D eigenvalue weighted by Gasteiger charge is -2.11. The van der Waals surface area contributed by atoms with E-state index in [-0.39, 0.29) is 0 Å². The quantitative estimate of drug-likeness (QED) is 0.226. The zero-order chi connectivity index (χ0) is 25.5. The molecule has 0 aliphatic carbocycles. The molecule has 0 radical (unpaired) electrons. The molecule has 180 valence electrons. The van der Waals surface area contributed by atoms with Gasteiger partial charge in [-0.25, -0.2) is 0 Å². The van der Waals surface area contributed by atoms with Crippen molar-refractivity contribution >= 4 is 55.6 Å². The lowest BCUT2D eigenvalue weighted by atomic mass is 9.98. The van der Waals surface area contributed by atoms with E-state index in [4.69, 9.17) is 4.99 Å². The minimum Gasteiger partial charge on any atom is -0.256 e. The lowest BCUT2D eigenvalue weighted by Crippen LogP contribution is -2.13. The molecule has 6 aromatic rings. The molecule has 0 N–H and O–H groups in total. The van der Waals surface area contributed by atoms with Crippen LogP contribution in [0.3, 0.4) is 0 Å². The molecule has 0 saturated heterocycles. The maximum absolute atomic E-state index is 4.93. The first kappa shape index (κ1) is 22.7. The molecular weight excluding hydrogens is 478 g/mol. The third kappa shape index (κ3) is 3.91. The highest BCUT2D eigenvalue weighted by atomic mass is 32.1. The van der Waals surface area contributed by atoms with Gasteiger partial charge in [0.25, 0.3) is 0 Å². The molecule has 0 fully saturated rings. The van der Waals surface area contributed by atoms with E-state index in [9.17, 15) is 0 Å². The fourth-order valence-corrected chi connectivity index (χ4v) is 6.67. The van der Waals surface area contributed by atoms with E-state index < -0.39 is 0 Å². The van der Waals surface area contributed by atoms with Crippen LogP contribution in [0.2, 0.25) is 0 Å². The highest BCUT2D eigenvalue weighted by Crippen LogP contribution is 2.40. The molecule has 5 aromatic carbocycles. The summed E-state index contributed by atoms with van der Waals surface area (Å²) in [5, 5.41) is 7.28. The van der Waals surface area contributed by atoms with Crippen LogP contribution in [-0.4, -0.2) is 6.21 Å². The summed E-state index contributed by atoms with van der Waals surface area (Å²) in [6.45, 7) is 4.25. The van der Waals surface area contributed by atoms with Crippen molar-refractivity contribution in [2.45, 2.75) is 6.42 Å². The van der Waals surface area contributed by atoms with Gasteiger partial charge in [-0.05, 0) is 56.1 Å². The number of hydrogen-bond acceptors (Lipinski definition) is 2. The molecule has 1 nitrogen and oxygen atoms in total. The maximum Gasteiger partial charge on any atom is 0.0665 e. The summed E-state index contributed by atoms with van der Waals surface area (Å²) in [6.07, 6.45) is 5.13. The van der Waals surface area contributed by atoms with Crippen molar-refractivity contribution in [3.63, 3.8) is 0 Å². The molecule has 1 aliphatic rings. The molecular formula is C36H25NS. The lowest BCUT2D eigenvalue weighted by molar-refractivity contribution is 1.32. The Kier molecular flexibility index (Phi) is 5.61.